The van der Waals surface area contributed by atoms with Gasteiger partial charge in [-0.25, -0.2) is 4.98 Å². The summed E-state index contributed by atoms with van der Waals surface area (Å²) in [5.74, 6) is -1.07. The highest BCUT2D eigenvalue weighted by Gasteiger charge is 2.27. The van der Waals surface area contributed by atoms with Crippen molar-refractivity contribution < 1.29 is 19.4 Å². The van der Waals surface area contributed by atoms with Gasteiger partial charge in [-0.05, 0) is 32.8 Å². The van der Waals surface area contributed by atoms with Crippen LogP contribution >= 0.6 is 11.3 Å². The molecule has 2 aromatic rings. The zero-order valence-electron chi connectivity index (χ0n) is 15.0. The summed E-state index contributed by atoms with van der Waals surface area (Å²) in [6, 6.07) is 1.85. The Labute approximate surface area is 156 Å². The predicted octanol–water partition coefficient (Wildman–Crippen LogP) is 2.65. The lowest BCUT2D eigenvalue weighted by Gasteiger charge is -2.25. The van der Waals surface area contributed by atoms with Gasteiger partial charge in [0.05, 0.1) is 18.1 Å². The maximum Gasteiger partial charge on any atom is 0.305 e. The largest absolute Gasteiger partial charge is 0.481 e. The quantitative estimate of drug-likeness (QED) is 0.802. The number of hydrogen-bond donors (Lipinski definition) is 1. The van der Waals surface area contributed by atoms with Crippen LogP contribution < -0.4 is 0 Å². The monoisotopic (exact) mass is 377 g/mol. The molecule has 7 nitrogen and oxygen atoms in total. The number of ether oxygens (including phenoxy) is 1. The summed E-state index contributed by atoms with van der Waals surface area (Å²) in [5.41, 5.74) is 2.33. The molecule has 0 unspecified atom stereocenters. The van der Waals surface area contributed by atoms with Crippen LogP contribution in [0.4, 0.5) is 0 Å². The molecule has 1 saturated heterocycles. The van der Waals surface area contributed by atoms with E-state index in [0.29, 0.717) is 18.7 Å². The van der Waals surface area contributed by atoms with Crippen molar-refractivity contribution in [3.05, 3.63) is 34.6 Å². The topological polar surface area (TPSA) is 84.7 Å². The second-order valence-electron chi connectivity index (χ2n) is 6.46. The van der Waals surface area contributed by atoms with Crippen LogP contribution in [0.5, 0.6) is 0 Å². The number of aliphatic carboxylic acids is 1. The lowest BCUT2D eigenvalue weighted by Crippen LogP contribution is -2.39. The van der Waals surface area contributed by atoms with Crippen LogP contribution in [0.15, 0.2) is 17.6 Å². The van der Waals surface area contributed by atoms with E-state index in [9.17, 15) is 9.59 Å². The fourth-order valence-corrected chi connectivity index (χ4v) is 4.06. The van der Waals surface area contributed by atoms with Gasteiger partial charge in [0.2, 0.25) is 0 Å². The Morgan fingerprint density at radius 1 is 1.46 bits per heavy atom. The van der Waals surface area contributed by atoms with Crippen LogP contribution in [-0.2, 0) is 9.53 Å². The van der Waals surface area contributed by atoms with E-state index < -0.39 is 5.97 Å². The van der Waals surface area contributed by atoms with E-state index in [1.54, 1.807) is 11.1 Å². The molecule has 1 atom stereocenters. The number of aromatic nitrogens is 2. The van der Waals surface area contributed by atoms with Crippen LogP contribution in [0.2, 0.25) is 0 Å². The average molecular weight is 377 g/mol. The van der Waals surface area contributed by atoms with Crippen LogP contribution in [-0.4, -0.2) is 57.2 Å². The summed E-state index contributed by atoms with van der Waals surface area (Å²) in [4.78, 5) is 30.1. The summed E-state index contributed by atoms with van der Waals surface area (Å²) in [7, 11) is 0. The van der Waals surface area contributed by atoms with Gasteiger partial charge in [-0.15, -0.1) is 11.3 Å². The van der Waals surface area contributed by atoms with Crippen LogP contribution in [0.25, 0.3) is 5.13 Å². The maximum atomic E-state index is 13.1. The van der Waals surface area contributed by atoms with Gasteiger partial charge in [0.1, 0.15) is 0 Å². The number of nitrogens with zero attached hydrogens (tertiary/aromatic N) is 3. The summed E-state index contributed by atoms with van der Waals surface area (Å²) < 4.78 is 7.60. The van der Waals surface area contributed by atoms with E-state index in [4.69, 9.17) is 9.84 Å². The molecule has 1 fully saturated rings. The van der Waals surface area contributed by atoms with Crippen LogP contribution in [0.3, 0.4) is 0 Å². The molecule has 1 N–H and O–H groups in total. The highest BCUT2D eigenvalue weighted by Crippen LogP contribution is 2.24. The molecular formula is C18H23N3O4S. The van der Waals surface area contributed by atoms with E-state index in [1.165, 1.54) is 11.3 Å². The van der Waals surface area contributed by atoms with E-state index in [2.05, 4.69) is 4.98 Å². The minimum atomic E-state index is -0.914. The Morgan fingerprint density at radius 3 is 2.88 bits per heavy atom. The molecule has 26 heavy (non-hydrogen) atoms. The Kier molecular flexibility index (Phi) is 5.73. The van der Waals surface area contributed by atoms with E-state index in [0.717, 1.165) is 29.4 Å². The van der Waals surface area contributed by atoms with Crippen molar-refractivity contribution in [2.24, 2.45) is 0 Å². The van der Waals surface area contributed by atoms with Gasteiger partial charge in [0.25, 0.3) is 5.91 Å². The highest BCUT2D eigenvalue weighted by molar-refractivity contribution is 7.12. The Morgan fingerprint density at radius 2 is 2.27 bits per heavy atom. The normalized spacial score (nSPS) is 16.8. The molecule has 8 heteroatoms. The third kappa shape index (κ3) is 3.96. The molecule has 0 aromatic carbocycles. The van der Waals surface area contributed by atoms with Gasteiger partial charge in [0.15, 0.2) is 5.13 Å². The molecular weight excluding hydrogens is 354 g/mol. The van der Waals surface area contributed by atoms with E-state index in [-0.39, 0.29) is 25.0 Å². The first-order valence-corrected chi connectivity index (χ1v) is 9.57. The SMILES string of the molecule is Cc1cc(C(=O)N(CCC(=O)O)C[C@@H]2CCCO2)c(C)n1-c1nccs1. The number of thiazole rings is 1. The fraction of sp³-hybridized carbons (Fsp3) is 0.500. The zero-order valence-corrected chi connectivity index (χ0v) is 15.8. The second kappa shape index (κ2) is 8.01. The molecule has 3 heterocycles. The van der Waals surface area contributed by atoms with Gasteiger partial charge in [-0.3, -0.25) is 14.2 Å². The number of amides is 1. The fourth-order valence-electron chi connectivity index (χ4n) is 3.31. The molecule has 1 aliphatic heterocycles. The van der Waals surface area contributed by atoms with Crippen molar-refractivity contribution in [3.8, 4) is 5.13 Å². The summed E-state index contributed by atoms with van der Waals surface area (Å²) in [6.45, 7) is 5.13. The molecule has 0 spiro atoms. The van der Waals surface area contributed by atoms with Gasteiger partial charge in [-0.1, -0.05) is 0 Å². The predicted molar refractivity (Wildman–Crippen MR) is 98.0 cm³/mol. The zero-order chi connectivity index (χ0) is 18.7. The molecule has 3 rings (SSSR count). The third-order valence-electron chi connectivity index (χ3n) is 4.60. The Balaban J connectivity index is 1.85. The first kappa shape index (κ1) is 18.6. The lowest BCUT2D eigenvalue weighted by molar-refractivity contribution is -0.137. The number of rotatable bonds is 7. The summed E-state index contributed by atoms with van der Waals surface area (Å²) in [5, 5.41) is 11.7. The van der Waals surface area contributed by atoms with Crippen molar-refractivity contribution in [2.75, 3.05) is 19.7 Å². The number of carbonyl (C=O) groups excluding carboxylic acids is 1. The number of aryl methyl sites for hydroxylation is 1. The molecule has 2 aromatic heterocycles. The Hall–Kier alpha value is -2.19. The molecule has 0 aliphatic carbocycles. The maximum absolute atomic E-state index is 13.1. The van der Waals surface area contributed by atoms with E-state index >= 15 is 0 Å². The van der Waals surface area contributed by atoms with Crippen molar-refractivity contribution in [1.82, 2.24) is 14.5 Å². The van der Waals surface area contributed by atoms with Gasteiger partial charge < -0.3 is 14.7 Å². The first-order chi connectivity index (χ1) is 12.5. The molecule has 0 saturated carbocycles. The van der Waals surface area contributed by atoms with Crippen molar-refractivity contribution in [1.29, 1.82) is 0 Å². The lowest BCUT2D eigenvalue weighted by atomic mass is 10.1. The molecule has 0 radical (unpaired) electrons. The van der Waals surface area contributed by atoms with Crippen molar-refractivity contribution in [2.45, 2.75) is 39.2 Å². The smallest absolute Gasteiger partial charge is 0.305 e. The summed E-state index contributed by atoms with van der Waals surface area (Å²) in [6.07, 6.45) is 3.51. The van der Waals surface area contributed by atoms with Gasteiger partial charge >= 0.3 is 5.97 Å². The molecule has 140 valence electrons. The Bertz CT molecular complexity index is 779. The number of carboxylic acid groups (broad SMARTS) is 1. The average Bonchev–Trinajstić information content (AvgIpc) is 3.33. The van der Waals surface area contributed by atoms with Gasteiger partial charge in [0, 0.05) is 42.7 Å². The first-order valence-electron chi connectivity index (χ1n) is 8.69. The standard InChI is InChI=1S/C18H23N3O4S/c1-12-10-15(13(2)21(12)18-19-6-9-26-18)17(24)20(7-5-16(22)23)11-14-4-3-8-25-14/h6,9-10,14H,3-5,7-8,11H2,1-2H3,(H,22,23)/t14-/m0/s1. The van der Waals surface area contributed by atoms with Gasteiger partial charge in [-0.2, -0.15) is 0 Å². The number of carbonyl (C=O) groups is 2. The van der Waals surface area contributed by atoms with Crippen LogP contribution in [0.1, 0.15) is 41.0 Å². The number of hydrogen-bond acceptors (Lipinski definition) is 5. The third-order valence-corrected chi connectivity index (χ3v) is 5.36. The minimum absolute atomic E-state index is 0.0183. The minimum Gasteiger partial charge on any atom is -0.481 e. The molecule has 1 aliphatic rings. The number of carboxylic acids is 1. The highest BCUT2D eigenvalue weighted by atomic mass is 32.1. The summed E-state index contributed by atoms with van der Waals surface area (Å²) >= 11 is 1.51. The van der Waals surface area contributed by atoms with E-state index in [1.807, 2.05) is 29.9 Å². The van der Waals surface area contributed by atoms with Crippen LogP contribution in [0, 0.1) is 13.8 Å². The molecule has 1 amide bonds. The van der Waals surface area contributed by atoms with Crippen molar-refractivity contribution in [3.63, 3.8) is 0 Å². The second-order valence-corrected chi connectivity index (χ2v) is 7.34. The van der Waals surface area contributed by atoms with Crippen molar-refractivity contribution >= 4 is 23.2 Å². The molecule has 0 bridgehead atoms.